The highest BCUT2D eigenvalue weighted by Crippen LogP contribution is 2.32. The summed E-state index contributed by atoms with van der Waals surface area (Å²) in [6.07, 6.45) is 0.396. The van der Waals surface area contributed by atoms with Crippen molar-refractivity contribution in [3.05, 3.63) is 68.8 Å². The first kappa shape index (κ1) is 22.8. The number of amides is 1. The van der Waals surface area contributed by atoms with Crippen LogP contribution in [0.3, 0.4) is 0 Å². The molecule has 1 aromatic heterocycles. The third-order valence-electron chi connectivity index (χ3n) is 3.94. The van der Waals surface area contributed by atoms with E-state index < -0.39 is 24.2 Å². The van der Waals surface area contributed by atoms with Crippen LogP contribution in [0.1, 0.15) is 15.2 Å². The topological polar surface area (TPSA) is 101 Å². The molecule has 31 heavy (non-hydrogen) atoms. The minimum Gasteiger partial charge on any atom is -0.480 e. The Morgan fingerprint density at radius 3 is 2.55 bits per heavy atom. The number of halogens is 3. The van der Waals surface area contributed by atoms with Gasteiger partial charge >= 0.3 is 5.97 Å². The van der Waals surface area contributed by atoms with E-state index in [4.69, 9.17) is 33.0 Å². The Hall–Kier alpha value is -2.88. The SMILES string of the molecule is O=C(O)CNc1nc(Oc2cccc(F)c2)sc1C(=O)NCCc1c(Cl)cccc1Cl. The molecule has 7 nitrogen and oxygen atoms in total. The molecule has 0 bridgehead atoms. The molecular formula is C20H16Cl2FN3O4S. The number of hydrogen-bond acceptors (Lipinski definition) is 6. The molecule has 0 radical (unpaired) electrons. The molecular weight excluding hydrogens is 468 g/mol. The second-order valence-electron chi connectivity index (χ2n) is 6.17. The molecule has 0 aliphatic rings. The standard InChI is InChI=1S/C20H16Cl2FN3O4S/c21-14-5-2-6-15(22)13(14)7-8-24-19(29)17-18(25-10-16(27)28)26-20(31-17)30-12-4-1-3-11(23)9-12/h1-6,9,25H,7-8,10H2,(H,24,29)(H,27,28). The minimum absolute atomic E-state index is 0.0482. The van der Waals surface area contributed by atoms with Crippen molar-refractivity contribution in [2.45, 2.75) is 6.42 Å². The molecule has 0 spiro atoms. The maximum absolute atomic E-state index is 13.4. The van der Waals surface area contributed by atoms with Crippen LogP contribution in [0.2, 0.25) is 10.0 Å². The highest BCUT2D eigenvalue weighted by Gasteiger charge is 2.20. The average molecular weight is 484 g/mol. The molecule has 0 fully saturated rings. The number of carbonyl (C=O) groups is 2. The second-order valence-corrected chi connectivity index (χ2v) is 7.95. The number of carboxylic acids is 1. The molecule has 0 aliphatic carbocycles. The Kier molecular flexibility index (Phi) is 7.67. The number of aromatic nitrogens is 1. The maximum Gasteiger partial charge on any atom is 0.322 e. The number of benzene rings is 2. The summed E-state index contributed by atoms with van der Waals surface area (Å²) in [5.74, 6) is -1.86. The largest absolute Gasteiger partial charge is 0.480 e. The maximum atomic E-state index is 13.4. The molecule has 2 aromatic carbocycles. The van der Waals surface area contributed by atoms with E-state index >= 15 is 0 Å². The molecule has 3 aromatic rings. The molecule has 0 unspecified atom stereocenters. The fourth-order valence-electron chi connectivity index (χ4n) is 2.56. The van der Waals surface area contributed by atoms with Crippen LogP contribution in [0.25, 0.3) is 0 Å². The first-order valence-corrected chi connectivity index (χ1v) is 10.5. The van der Waals surface area contributed by atoms with Gasteiger partial charge in [-0.25, -0.2) is 4.39 Å². The lowest BCUT2D eigenvalue weighted by Gasteiger charge is -2.08. The predicted molar refractivity (Wildman–Crippen MR) is 117 cm³/mol. The number of thiazole rings is 1. The normalized spacial score (nSPS) is 10.5. The van der Waals surface area contributed by atoms with Crippen LogP contribution in [-0.4, -0.2) is 35.1 Å². The number of carbonyl (C=O) groups excluding carboxylic acids is 1. The Morgan fingerprint density at radius 2 is 1.87 bits per heavy atom. The number of carboxylic acid groups (broad SMARTS) is 1. The van der Waals surface area contributed by atoms with Gasteiger partial charge < -0.3 is 20.5 Å². The smallest absolute Gasteiger partial charge is 0.322 e. The van der Waals surface area contributed by atoms with Gasteiger partial charge in [0.05, 0.1) is 0 Å². The number of anilines is 1. The van der Waals surface area contributed by atoms with Gasteiger partial charge in [-0.05, 0) is 36.2 Å². The summed E-state index contributed by atoms with van der Waals surface area (Å²) in [5.41, 5.74) is 0.704. The van der Waals surface area contributed by atoms with Crippen LogP contribution in [0.5, 0.6) is 10.9 Å². The molecule has 162 valence electrons. The second kappa shape index (κ2) is 10.4. The lowest BCUT2D eigenvalue weighted by Crippen LogP contribution is -2.26. The van der Waals surface area contributed by atoms with Gasteiger partial charge in [0.1, 0.15) is 23.0 Å². The Bertz CT molecular complexity index is 1090. The highest BCUT2D eigenvalue weighted by molar-refractivity contribution is 7.16. The molecule has 3 N–H and O–H groups in total. The summed E-state index contributed by atoms with van der Waals surface area (Å²) in [6, 6.07) is 10.6. The molecule has 1 heterocycles. The van der Waals surface area contributed by atoms with E-state index in [2.05, 4.69) is 15.6 Å². The predicted octanol–water partition coefficient (Wildman–Crippen LogP) is 4.85. The van der Waals surface area contributed by atoms with Gasteiger partial charge in [0.15, 0.2) is 5.82 Å². The minimum atomic E-state index is -1.12. The van der Waals surface area contributed by atoms with Gasteiger partial charge in [-0.1, -0.05) is 46.7 Å². The van der Waals surface area contributed by atoms with Gasteiger partial charge in [-0.15, -0.1) is 0 Å². The van der Waals surface area contributed by atoms with E-state index in [-0.39, 0.29) is 28.2 Å². The number of nitrogens with zero attached hydrogens (tertiary/aromatic N) is 1. The zero-order valence-corrected chi connectivity index (χ0v) is 18.2. The Morgan fingerprint density at radius 1 is 1.16 bits per heavy atom. The van der Waals surface area contributed by atoms with E-state index in [0.717, 1.165) is 11.3 Å². The Balaban J connectivity index is 1.73. The number of nitrogens with one attached hydrogen (secondary N) is 2. The molecule has 3 rings (SSSR count). The summed E-state index contributed by atoms with van der Waals surface area (Å²) in [7, 11) is 0. The van der Waals surface area contributed by atoms with Crippen molar-refractivity contribution in [2.24, 2.45) is 0 Å². The van der Waals surface area contributed by atoms with Gasteiger partial charge in [-0.3, -0.25) is 9.59 Å². The summed E-state index contributed by atoms with van der Waals surface area (Å²) in [4.78, 5) is 27.8. The van der Waals surface area contributed by atoms with Crippen LogP contribution in [0.15, 0.2) is 42.5 Å². The molecule has 1 amide bonds. The monoisotopic (exact) mass is 483 g/mol. The summed E-state index contributed by atoms with van der Waals surface area (Å²) >= 11 is 13.2. The zero-order chi connectivity index (χ0) is 22.4. The van der Waals surface area contributed by atoms with Gasteiger partial charge in [0.2, 0.25) is 0 Å². The lowest BCUT2D eigenvalue weighted by molar-refractivity contribution is -0.134. The average Bonchev–Trinajstić information content (AvgIpc) is 3.11. The third kappa shape index (κ3) is 6.30. The number of aliphatic carboxylic acids is 1. The fraction of sp³-hybridized carbons (Fsp3) is 0.150. The zero-order valence-electron chi connectivity index (χ0n) is 15.8. The van der Waals surface area contributed by atoms with Crippen LogP contribution in [0.4, 0.5) is 10.2 Å². The van der Waals surface area contributed by atoms with Crippen molar-refractivity contribution in [1.82, 2.24) is 10.3 Å². The highest BCUT2D eigenvalue weighted by atomic mass is 35.5. The molecule has 0 aliphatic heterocycles. The molecule has 11 heteroatoms. The van der Waals surface area contributed by atoms with Crippen LogP contribution in [-0.2, 0) is 11.2 Å². The van der Waals surface area contributed by atoms with Crippen molar-refractivity contribution in [2.75, 3.05) is 18.4 Å². The van der Waals surface area contributed by atoms with E-state index in [1.165, 1.54) is 24.3 Å². The summed E-state index contributed by atoms with van der Waals surface area (Å²) < 4.78 is 18.9. The van der Waals surface area contributed by atoms with Crippen molar-refractivity contribution < 1.29 is 23.8 Å². The van der Waals surface area contributed by atoms with Crippen molar-refractivity contribution in [3.63, 3.8) is 0 Å². The van der Waals surface area contributed by atoms with Crippen LogP contribution < -0.4 is 15.4 Å². The van der Waals surface area contributed by atoms with E-state index in [9.17, 15) is 14.0 Å². The molecule has 0 saturated carbocycles. The van der Waals surface area contributed by atoms with Gasteiger partial charge in [0, 0.05) is 22.7 Å². The van der Waals surface area contributed by atoms with Crippen LogP contribution >= 0.6 is 34.5 Å². The van der Waals surface area contributed by atoms with Crippen molar-refractivity contribution in [3.8, 4) is 10.9 Å². The van der Waals surface area contributed by atoms with Crippen LogP contribution in [0, 0.1) is 5.82 Å². The van der Waals surface area contributed by atoms with Crippen molar-refractivity contribution >= 4 is 52.2 Å². The Labute approximate surface area is 190 Å². The van der Waals surface area contributed by atoms with Crippen molar-refractivity contribution in [1.29, 1.82) is 0 Å². The number of hydrogen-bond donors (Lipinski definition) is 3. The first-order chi connectivity index (χ1) is 14.8. The quantitative estimate of drug-likeness (QED) is 0.402. The number of ether oxygens (including phenoxy) is 1. The first-order valence-electron chi connectivity index (χ1n) is 8.94. The third-order valence-corrected chi connectivity index (χ3v) is 5.58. The van der Waals surface area contributed by atoms with E-state index in [1.807, 2.05) is 0 Å². The molecule has 0 saturated heterocycles. The number of rotatable bonds is 9. The summed E-state index contributed by atoms with van der Waals surface area (Å²) in [6.45, 7) is -0.211. The lowest BCUT2D eigenvalue weighted by atomic mass is 10.1. The van der Waals surface area contributed by atoms with E-state index in [1.54, 1.807) is 18.2 Å². The summed E-state index contributed by atoms with van der Waals surface area (Å²) in [5, 5.41) is 15.3. The van der Waals surface area contributed by atoms with E-state index in [0.29, 0.717) is 22.0 Å². The fourth-order valence-corrected chi connectivity index (χ4v) is 3.98. The van der Waals surface area contributed by atoms with Gasteiger partial charge in [0.25, 0.3) is 11.1 Å². The van der Waals surface area contributed by atoms with Gasteiger partial charge in [-0.2, -0.15) is 4.98 Å². The molecule has 0 atom stereocenters.